The second-order valence-corrected chi connectivity index (χ2v) is 7.51. The zero-order valence-electron chi connectivity index (χ0n) is 14.9. The summed E-state index contributed by atoms with van der Waals surface area (Å²) in [6, 6.07) is 13.6. The molecule has 0 aliphatic carbocycles. The smallest absolute Gasteiger partial charge is 0.241 e. The van der Waals surface area contributed by atoms with Gasteiger partial charge in [-0.3, -0.25) is 4.79 Å². The van der Waals surface area contributed by atoms with Crippen molar-refractivity contribution in [3.05, 3.63) is 54.1 Å². The van der Waals surface area contributed by atoms with Crippen LogP contribution in [-0.4, -0.2) is 35.0 Å². The number of anilines is 2. The number of carbonyl (C=O) groups excluding carboxylic acids is 1. The van der Waals surface area contributed by atoms with E-state index in [9.17, 15) is 13.2 Å². The number of para-hydroxylation sites is 1. The summed E-state index contributed by atoms with van der Waals surface area (Å²) in [7, 11) is 0.187. The van der Waals surface area contributed by atoms with E-state index in [2.05, 4.69) is 21.9 Å². The van der Waals surface area contributed by atoms with Crippen LogP contribution in [0.1, 0.15) is 12.5 Å². The Morgan fingerprint density at radius 3 is 2.35 bits per heavy atom. The van der Waals surface area contributed by atoms with Crippen molar-refractivity contribution in [3.8, 4) is 11.8 Å². The van der Waals surface area contributed by atoms with E-state index in [1.165, 1.54) is 31.2 Å². The summed E-state index contributed by atoms with van der Waals surface area (Å²) in [6.45, 7) is 1.39. The second kappa shape index (κ2) is 8.52. The maximum Gasteiger partial charge on any atom is 0.241 e. The number of benzene rings is 2. The van der Waals surface area contributed by atoms with Gasteiger partial charge in [-0.2, -0.15) is 4.72 Å². The predicted molar refractivity (Wildman–Crippen MR) is 104 cm³/mol. The summed E-state index contributed by atoms with van der Waals surface area (Å²) in [6.07, 6.45) is 0. The number of nitrogens with one attached hydrogen (secondary N) is 2. The fourth-order valence-electron chi connectivity index (χ4n) is 2.24. The van der Waals surface area contributed by atoms with Crippen LogP contribution >= 0.6 is 0 Å². The summed E-state index contributed by atoms with van der Waals surface area (Å²) in [5, 5.41) is 2.59. The molecule has 7 heteroatoms. The third-order valence-corrected chi connectivity index (χ3v) is 4.86. The summed E-state index contributed by atoms with van der Waals surface area (Å²) in [5.74, 6) is 5.60. The highest BCUT2D eigenvalue weighted by Gasteiger charge is 2.12. The quantitative estimate of drug-likeness (QED) is 0.789. The molecule has 136 valence electrons. The molecule has 0 heterocycles. The number of carbonyl (C=O) groups is 1. The lowest BCUT2D eigenvalue weighted by Gasteiger charge is -2.13. The van der Waals surface area contributed by atoms with Gasteiger partial charge >= 0.3 is 0 Å². The Morgan fingerprint density at radius 2 is 1.73 bits per heavy atom. The first-order valence-corrected chi connectivity index (χ1v) is 9.40. The van der Waals surface area contributed by atoms with Crippen LogP contribution < -0.4 is 14.9 Å². The molecule has 0 radical (unpaired) electrons. The topological polar surface area (TPSA) is 78.5 Å². The highest BCUT2D eigenvalue weighted by atomic mass is 32.2. The van der Waals surface area contributed by atoms with Crippen LogP contribution in [-0.2, 0) is 14.8 Å². The van der Waals surface area contributed by atoms with Crippen molar-refractivity contribution in [1.82, 2.24) is 4.72 Å². The molecule has 0 atom stereocenters. The average Bonchev–Trinajstić information content (AvgIpc) is 2.59. The average molecular weight is 371 g/mol. The van der Waals surface area contributed by atoms with Gasteiger partial charge in [0.25, 0.3) is 0 Å². The molecule has 0 aliphatic heterocycles. The number of hydrogen-bond acceptors (Lipinski definition) is 4. The van der Waals surface area contributed by atoms with Gasteiger partial charge in [0.1, 0.15) is 0 Å². The highest BCUT2D eigenvalue weighted by Crippen LogP contribution is 2.16. The molecule has 0 saturated carbocycles. The molecule has 2 rings (SSSR count). The van der Waals surface area contributed by atoms with Crippen molar-refractivity contribution >= 4 is 27.3 Å². The van der Waals surface area contributed by atoms with E-state index < -0.39 is 10.0 Å². The molecule has 0 fully saturated rings. The monoisotopic (exact) mass is 371 g/mol. The van der Waals surface area contributed by atoms with E-state index in [1.54, 1.807) is 0 Å². The summed E-state index contributed by atoms with van der Waals surface area (Å²) >= 11 is 0. The Kier molecular flexibility index (Phi) is 6.39. The molecule has 6 nitrogen and oxygen atoms in total. The van der Waals surface area contributed by atoms with Gasteiger partial charge in [-0.25, -0.2) is 8.42 Å². The molecular formula is C19H21N3O3S. The molecule has 1 amide bonds. The van der Waals surface area contributed by atoms with Gasteiger partial charge in [0, 0.05) is 32.3 Å². The van der Waals surface area contributed by atoms with Gasteiger partial charge in [0.15, 0.2) is 0 Å². The highest BCUT2D eigenvalue weighted by molar-refractivity contribution is 7.89. The lowest BCUT2D eigenvalue weighted by atomic mass is 10.1. The standard InChI is InChI=1S/C19H21N3O3S/c1-15(23)21-17-10-12-18(13-11-17)26(24,25)20-14-6-8-16-7-4-5-9-19(16)22(2)3/h4-5,7,9-13,20H,14H2,1-3H3,(H,21,23). The molecule has 2 aromatic carbocycles. The Bertz CT molecular complexity index is 940. The van der Waals surface area contributed by atoms with Gasteiger partial charge in [-0.1, -0.05) is 24.0 Å². The minimum Gasteiger partial charge on any atom is -0.377 e. The first-order valence-electron chi connectivity index (χ1n) is 7.92. The third kappa shape index (κ3) is 5.34. The third-order valence-electron chi connectivity index (χ3n) is 3.44. The second-order valence-electron chi connectivity index (χ2n) is 5.74. The Morgan fingerprint density at radius 1 is 1.08 bits per heavy atom. The van der Waals surface area contributed by atoms with Gasteiger partial charge in [0.2, 0.25) is 15.9 Å². The Hall–Kier alpha value is -2.82. The first kappa shape index (κ1) is 19.5. The number of nitrogens with zero attached hydrogens (tertiary/aromatic N) is 1. The summed E-state index contributed by atoms with van der Waals surface area (Å²) in [4.78, 5) is 13.1. The van der Waals surface area contributed by atoms with E-state index in [4.69, 9.17) is 0 Å². The fraction of sp³-hybridized carbons (Fsp3) is 0.211. The molecule has 2 aromatic rings. The van der Waals surface area contributed by atoms with Gasteiger partial charge in [-0.15, -0.1) is 0 Å². The molecule has 0 bridgehead atoms. The Labute approximate surface area is 154 Å². The minimum absolute atomic E-state index is 0.00244. The molecule has 0 aliphatic rings. The molecule has 2 N–H and O–H groups in total. The van der Waals surface area contributed by atoms with Crippen molar-refractivity contribution in [1.29, 1.82) is 0 Å². The molecule has 0 saturated heterocycles. The molecule has 0 aromatic heterocycles. The zero-order chi connectivity index (χ0) is 19.2. The number of hydrogen-bond donors (Lipinski definition) is 2. The number of rotatable bonds is 5. The lowest BCUT2D eigenvalue weighted by Crippen LogP contribution is -2.24. The predicted octanol–water partition coefficient (Wildman–Crippen LogP) is 2.04. The Balaban J connectivity index is 2.05. The number of sulfonamides is 1. The van der Waals surface area contributed by atoms with Crippen LogP contribution in [0.2, 0.25) is 0 Å². The van der Waals surface area contributed by atoms with Crippen LogP contribution in [0, 0.1) is 11.8 Å². The van der Waals surface area contributed by atoms with Crippen LogP contribution in [0.25, 0.3) is 0 Å². The number of amides is 1. The van der Waals surface area contributed by atoms with E-state index in [0.29, 0.717) is 5.69 Å². The van der Waals surface area contributed by atoms with Crippen LogP contribution in [0.5, 0.6) is 0 Å². The minimum atomic E-state index is -3.66. The van der Waals surface area contributed by atoms with Gasteiger partial charge < -0.3 is 10.2 Å². The summed E-state index contributed by atoms with van der Waals surface area (Å²) < 4.78 is 27.0. The maximum absolute atomic E-state index is 12.3. The van der Waals surface area contributed by atoms with E-state index in [1.807, 2.05) is 43.3 Å². The van der Waals surface area contributed by atoms with E-state index in [0.717, 1.165) is 11.3 Å². The van der Waals surface area contributed by atoms with Gasteiger partial charge in [-0.05, 0) is 36.4 Å². The lowest BCUT2D eigenvalue weighted by molar-refractivity contribution is -0.114. The molecule has 0 spiro atoms. The van der Waals surface area contributed by atoms with Crippen LogP contribution in [0.15, 0.2) is 53.4 Å². The normalized spacial score (nSPS) is 10.6. The largest absolute Gasteiger partial charge is 0.377 e. The summed E-state index contributed by atoms with van der Waals surface area (Å²) in [5.41, 5.74) is 2.34. The fourth-order valence-corrected chi connectivity index (χ4v) is 3.17. The molecule has 0 unspecified atom stereocenters. The van der Waals surface area contributed by atoms with Crippen molar-refractivity contribution < 1.29 is 13.2 Å². The van der Waals surface area contributed by atoms with Crippen molar-refractivity contribution in [2.45, 2.75) is 11.8 Å². The van der Waals surface area contributed by atoms with Crippen LogP contribution in [0.3, 0.4) is 0 Å². The molecular weight excluding hydrogens is 350 g/mol. The first-order chi connectivity index (χ1) is 12.3. The van der Waals surface area contributed by atoms with Crippen LogP contribution in [0.4, 0.5) is 11.4 Å². The zero-order valence-corrected chi connectivity index (χ0v) is 15.7. The van der Waals surface area contributed by atoms with Crippen molar-refractivity contribution in [3.63, 3.8) is 0 Å². The van der Waals surface area contributed by atoms with E-state index >= 15 is 0 Å². The van der Waals surface area contributed by atoms with Crippen molar-refractivity contribution in [2.24, 2.45) is 0 Å². The SMILES string of the molecule is CC(=O)Nc1ccc(S(=O)(=O)NCC#Cc2ccccc2N(C)C)cc1. The molecule has 26 heavy (non-hydrogen) atoms. The maximum atomic E-state index is 12.3. The van der Waals surface area contributed by atoms with Crippen molar-refractivity contribution in [2.75, 3.05) is 30.9 Å². The van der Waals surface area contributed by atoms with E-state index in [-0.39, 0.29) is 17.3 Å². The van der Waals surface area contributed by atoms with Gasteiger partial charge in [0.05, 0.1) is 17.1 Å².